The first-order valence-corrected chi connectivity index (χ1v) is 9.91. The van der Waals surface area contributed by atoms with Gasteiger partial charge in [0.25, 0.3) is 0 Å². The molecule has 1 saturated carbocycles. The zero-order valence-electron chi connectivity index (χ0n) is 16.9. The van der Waals surface area contributed by atoms with Crippen LogP contribution in [0.5, 0.6) is 0 Å². The highest BCUT2D eigenvalue weighted by Crippen LogP contribution is 2.64. The van der Waals surface area contributed by atoms with Crippen LogP contribution in [0, 0.1) is 12.3 Å². The Balaban J connectivity index is 1.47. The Morgan fingerprint density at radius 3 is 2.50 bits per heavy atom. The van der Waals surface area contributed by atoms with Crippen LogP contribution in [-0.4, -0.2) is 42.2 Å². The third kappa shape index (κ3) is 3.37. The van der Waals surface area contributed by atoms with Crippen molar-refractivity contribution in [3.63, 3.8) is 0 Å². The number of nitrogens with one attached hydrogen (secondary N) is 1. The summed E-state index contributed by atoms with van der Waals surface area (Å²) in [6.07, 6.45) is 2.43. The molecule has 1 amide bonds. The summed E-state index contributed by atoms with van der Waals surface area (Å²) in [5, 5.41) is 3.13. The van der Waals surface area contributed by atoms with Gasteiger partial charge >= 0.3 is 0 Å². The average molecular weight is 380 g/mol. The standard InChI is InChI=1S/C22H28N4O2/c1-16-4-6-17(7-5-16)22(14-21(22,2)3)20(27)23-13-18-12-19(25-15-24-18)26-8-10-28-11-9-26/h4-7,12,15H,8-11,13-14H2,1-3H3,(H,23,27)/t22-/m1/s1. The van der Waals surface area contributed by atoms with Crippen LogP contribution in [0.15, 0.2) is 36.7 Å². The molecule has 2 aliphatic rings. The fourth-order valence-corrected chi connectivity index (χ4v) is 4.24. The molecule has 1 aliphatic carbocycles. The van der Waals surface area contributed by atoms with E-state index in [4.69, 9.17) is 4.74 Å². The van der Waals surface area contributed by atoms with Gasteiger partial charge in [0.2, 0.25) is 5.91 Å². The summed E-state index contributed by atoms with van der Waals surface area (Å²) >= 11 is 0. The molecule has 28 heavy (non-hydrogen) atoms. The van der Waals surface area contributed by atoms with Gasteiger partial charge in [0.15, 0.2) is 0 Å². The van der Waals surface area contributed by atoms with Crippen molar-refractivity contribution in [2.24, 2.45) is 5.41 Å². The van der Waals surface area contributed by atoms with Crippen molar-refractivity contribution in [3.05, 3.63) is 53.5 Å². The predicted octanol–water partition coefficient (Wildman–Crippen LogP) is 2.61. The van der Waals surface area contributed by atoms with E-state index in [2.05, 4.69) is 65.2 Å². The van der Waals surface area contributed by atoms with Crippen molar-refractivity contribution in [2.45, 2.75) is 39.2 Å². The van der Waals surface area contributed by atoms with E-state index in [9.17, 15) is 4.79 Å². The fraction of sp³-hybridized carbons (Fsp3) is 0.500. The van der Waals surface area contributed by atoms with Crippen LogP contribution < -0.4 is 10.2 Å². The van der Waals surface area contributed by atoms with Crippen molar-refractivity contribution in [3.8, 4) is 0 Å². The van der Waals surface area contributed by atoms with E-state index in [0.29, 0.717) is 19.8 Å². The second kappa shape index (κ2) is 7.17. The van der Waals surface area contributed by atoms with Crippen molar-refractivity contribution in [2.75, 3.05) is 31.2 Å². The third-order valence-electron chi connectivity index (χ3n) is 6.14. The summed E-state index contributed by atoms with van der Waals surface area (Å²) in [5.74, 6) is 0.968. The van der Waals surface area contributed by atoms with E-state index in [0.717, 1.165) is 36.6 Å². The summed E-state index contributed by atoms with van der Waals surface area (Å²) in [4.78, 5) is 24.1. The molecule has 6 heteroatoms. The maximum absolute atomic E-state index is 13.2. The lowest BCUT2D eigenvalue weighted by Crippen LogP contribution is -2.38. The first-order chi connectivity index (χ1) is 13.4. The van der Waals surface area contributed by atoms with E-state index >= 15 is 0 Å². The van der Waals surface area contributed by atoms with Gasteiger partial charge in [-0.25, -0.2) is 9.97 Å². The molecule has 0 unspecified atom stereocenters. The molecule has 1 atom stereocenters. The number of hydrogen-bond donors (Lipinski definition) is 1. The van der Waals surface area contributed by atoms with Crippen LogP contribution in [-0.2, 0) is 21.5 Å². The van der Waals surface area contributed by atoms with E-state index in [1.165, 1.54) is 5.56 Å². The number of rotatable bonds is 5. The molecule has 1 aromatic heterocycles. The van der Waals surface area contributed by atoms with Gasteiger partial charge in [-0.1, -0.05) is 43.7 Å². The van der Waals surface area contributed by atoms with Crippen LogP contribution in [0.25, 0.3) is 0 Å². The van der Waals surface area contributed by atoms with E-state index in [-0.39, 0.29) is 11.3 Å². The highest BCUT2D eigenvalue weighted by molar-refractivity contribution is 5.93. The Bertz CT molecular complexity index is 859. The molecule has 148 valence electrons. The number of carbonyl (C=O) groups excluding carboxylic acids is 1. The molecule has 2 aromatic rings. The predicted molar refractivity (Wildman–Crippen MR) is 108 cm³/mol. The van der Waals surface area contributed by atoms with Gasteiger partial charge in [-0.2, -0.15) is 0 Å². The molecular weight excluding hydrogens is 352 g/mol. The number of ether oxygens (including phenoxy) is 1. The molecule has 0 spiro atoms. The van der Waals surface area contributed by atoms with Crippen LogP contribution >= 0.6 is 0 Å². The number of nitrogens with zero attached hydrogens (tertiary/aromatic N) is 3. The number of hydrogen-bond acceptors (Lipinski definition) is 5. The van der Waals surface area contributed by atoms with Crippen molar-refractivity contribution < 1.29 is 9.53 Å². The lowest BCUT2D eigenvalue weighted by atomic mass is 9.86. The lowest BCUT2D eigenvalue weighted by Gasteiger charge is -2.27. The minimum Gasteiger partial charge on any atom is -0.378 e. The van der Waals surface area contributed by atoms with E-state index in [1.54, 1.807) is 6.33 Å². The molecule has 2 fully saturated rings. The van der Waals surface area contributed by atoms with Crippen molar-refractivity contribution in [1.82, 2.24) is 15.3 Å². The maximum atomic E-state index is 13.2. The molecule has 4 rings (SSSR count). The molecule has 6 nitrogen and oxygen atoms in total. The number of benzene rings is 1. The zero-order valence-corrected chi connectivity index (χ0v) is 16.9. The summed E-state index contributed by atoms with van der Waals surface area (Å²) in [6.45, 7) is 9.87. The molecule has 1 saturated heterocycles. The number of carbonyl (C=O) groups is 1. The monoisotopic (exact) mass is 380 g/mol. The van der Waals surface area contributed by atoms with Crippen LogP contribution in [0.1, 0.15) is 37.1 Å². The molecule has 2 heterocycles. The number of aryl methyl sites for hydroxylation is 1. The Morgan fingerprint density at radius 1 is 1.18 bits per heavy atom. The summed E-state index contributed by atoms with van der Waals surface area (Å²) < 4.78 is 5.40. The van der Waals surface area contributed by atoms with Gasteiger partial charge < -0.3 is 15.0 Å². The van der Waals surface area contributed by atoms with E-state index in [1.807, 2.05) is 6.07 Å². The second-order valence-corrected chi connectivity index (χ2v) is 8.48. The van der Waals surface area contributed by atoms with Gasteiger partial charge in [0.05, 0.1) is 30.9 Å². The molecule has 1 aromatic carbocycles. The van der Waals surface area contributed by atoms with Gasteiger partial charge in [-0.3, -0.25) is 4.79 Å². The number of anilines is 1. The topological polar surface area (TPSA) is 67.4 Å². The smallest absolute Gasteiger partial charge is 0.231 e. The highest BCUT2D eigenvalue weighted by Gasteiger charge is 2.66. The summed E-state index contributed by atoms with van der Waals surface area (Å²) in [6, 6.07) is 10.3. The molecule has 1 aliphatic heterocycles. The Kier molecular flexibility index (Phi) is 4.83. The Morgan fingerprint density at radius 2 is 1.86 bits per heavy atom. The number of amides is 1. The number of aromatic nitrogens is 2. The summed E-state index contributed by atoms with van der Waals surface area (Å²) in [5.41, 5.74) is 2.62. The van der Waals surface area contributed by atoms with E-state index < -0.39 is 5.41 Å². The first kappa shape index (κ1) is 18.9. The van der Waals surface area contributed by atoms with Crippen LogP contribution in [0.2, 0.25) is 0 Å². The van der Waals surface area contributed by atoms with Crippen molar-refractivity contribution >= 4 is 11.7 Å². The number of morpholine rings is 1. The molecule has 1 N–H and O–H groups in total. The highest BCUT2D eigenvalue weighted by atomic mass is 16.5. The normalized spacial score (nSPS) is 23.3. The van der Waals surface area contributed by atoms with Crippen LogP contribution in [0.3, 0.4) is 0 Å². The fourth-order valence-electron chi connectivity index (χ4n) is 4.24. The average Bonchev–Trinajstić information content (AvgIpc) is 3.31. The Hall–Kier alpha value is -2.47. The minimum atomic E-state index is -0.458. The molecular formula is C22H28N4O2. The second-order valence-electron chi connectivity index (χ2n) is 8.48. The Labute approximate surface area is 166 Å². The van der Waals surface area contributed by atoms with Gasteiger partial charge in [0, 0.05) is 19.2 Å². The molecule has 0 radical (unpaired) electrons. The van der Waals surface area contributed by atoms with Gasteiger partial charge in [0.1, 0.15) is 12.1 Å². The van der Waals surface area contributed by atoms with Crippen LogP contribution in [0.4, 0.5) is 5.82 Å². The largest absolute Gasteiger partial charge is 0.378 e. The van der Waals surface area contributed by atoms with Crippen molar-refractivity contribution in [1.29, 1.82) is 0 Å². The lowest BCUT2D eigenvalue weighted by molar-refractivity contribution is -0.124. The third-order valence-corrected chi connectivity index (χ3v) is 6.14. The summed E-state index contributed by atoms with van der Waals surface area (Å²) in [7, 11) is 0. The maximum Gasteiger partial charge on any atom is 0.231 e. The minimum absolute atomic E-state index is 0.0447. The van der Waals surface area contributed by atoms with Gasteiger partial charge in [-0.15, -0.1) is 0 Å². The zero-order chi connectivity index (χ0) is 19.8. The quantitative estimate of drug-likeness (QED) is 0.864. The first-order valence-electron chi connectivity index (χ1n) is 9.91. The SMILES string of the molecule is Cc1ccc([C@@]2(C(=O)NCc3cc(N4CCOCC4)ncn3)CC2(C)C)cc1. The molecule has 0 bridgehead atoms. The van der Waals surface area contributed by atoms with Gasteiger partial charge in [-0.05, 0) is 24.3 Å².